The number of hydrogen-bond donors (Lipinski definition) is 1. The molecule has 1 aliphatic rings. The number of ether oxygens (including phenoxy) is 1. The van der Waals surface area contributed by atoms with Crippen molar-refractivity contribution in [2.24, 2.45) is 0 Å². The van der Waals surface area contributed by atoms with Gasteiger partial charge in [0.1, 0.15) is 0 Å². The topological polar surface area (TPSA) is 83.9 Å². The zero-order valence-corrected chi connectivity index (χ0v) is 14.4. The molecule has 1 aliphatic heterocycles. The highest BCUT2D eigenvalue weighted by atomic mass is 127. The van der Waals surface area contributed by atoms with Gasteiger partial charge in [-0.1, -0.05) is 0 Å². The van der Waals surface area contributed by atoms with Crippen LogP contribution in [-0.2, 0) is 14.8 Å². The first kappa shape index (κ1) is 16.7. The van der Waals surface area contributed by atoms with E-state index in [1.54, 1.807) is 7.11 Å². The fourth-order valence-electron chi connectivity index (χ4n) is 2.29. The molecular formula is C13H16INO5S. The summed E-state index contributed by atoms with van der Waals surface area (Å²) in [5.41, 5.74) is -0.00280. The van der Waals surface area contributed by atoms with Gasteiger partial charge in [0.15, 0.2) is 0 Å². The highest BCUT2D eigenvalue weighted by molar-refractivity contribution is 14.1. The minimum atomic E-state index is -3.69. The molecule has 2 rings (SSSR count). The van der Waals surface area contributed by atoms with Gasteiger partial charge in [0.2, 0.25) is 10.0 Å². The Morgan fingerprint density at radius 3 is 2.81 bits per heavy atom. The lowest BCUT2D eigenvalue weighted by molar-refractivity contribution is 0.0571. The molecule has 116 valence electrons. The van der Waals surface area contributed by atoms with E-state index >= 15 is 0 Å². The smallest absolute Gasteiger partial charge is 0.336 e. The van der Waals surface area contributed by atoms with Gasteiger partial charge in [-0.2, -0.15) is 4.31 Å². The molecule has 1 N–H and O–H groups in total. The summed E-state index contributed by atoms with van der Waals surface area (Å²) in [5, 5.41) is 9.11. The van der Waals surface area contributed by atoms with Crippen LogP contribution in [0, 0.1) is 3.57 Å². The number of benzene rings is 1. The molecule has 0 radical (unpaired) electrons. The molecule has 0 saturated carbocycles. The van der Waals surface area contributed by atoms with E-state index in [9.17, 15) is 13.2 Å². The van der Waals surface area contributed by atoms with Crippen LogP contribution in [0.1, 0.15) is 23.2 Å². The van der Waals surface area contributed by atoms with Gasteiger partial charge in [-0.25, -0.2) is 13.2 Å². The Labute approximate surface area is 137 Å². The van der Waals surface area contributed by atoms with E-state index < -0.39 is 16.0 Å². The second-order valence-electron chi connectivity index (χ2n) is 4.81. The van der Waals surface area contributed by atoms with E-state index in [-0.39, 0.29) is 16.6 Å². The molecule has 0 spiro atoms. The molecule has 1 aromatic carbocycles. The van der Waals surface area contributed by atoms with Gasteiger partial charge in [-0.3, -0.25) is 0 Å². The van der Waals surface area contributed by atoms with Crippen molar-refractivity contribution < 1.29 is 23.1 Å². The van der Waals surface area contributed by atoms with Gasteiger partial charge in [0.25, 0.3) is 0 Å². The van der Waals surface area contributed by atoms with Crippen LogP contribution in [0.2, 0.25) is 0 Å². The predicted octanol–water partition coefficient (Wildman–Crippen LogP) is 1.79. The Morgan fingerprint density at radius 1 is 1.48 bits per heavy atom. The van der Waals surface area contributed by atoms with Crippen LogP contribution >= 0.6 is 22.6 Å². The molecule has 1 saturated heterocycles. The van der Waals surface area contributed by atoms with Crippen LogP contribution in [0.5, 0.6) is 0 Å². The number of hydrogen-bond acceptors (Lipinski definition) is 4. The Bertz CT molecular complexity index is 646. The van der Waals surface area contributed by atoms with E-state index in [0.29, 0.717) is 16.7 Å². The summed E-state index contributed by atoms with van der Waals surface area (Å²) in [6.45, 7) is 0.726. The maximum Gasteiger partial charge on any atom is 0.336 e. The van der Waals surface area contributed by atoms with E-state index in [4.69, 9.17) is 9.84 Å². The number of sulfonamides is 1. The van der Waals surface area contributed by atoms with Gasteiger partial charge in [-0.15, -0.1) is 0 Å². The molecular weight excluding hydrogens is 409 g/mol. The van der Waals surface area contributed by atoms with Gasteiger partial charge >= 0.3 is 5.97 Å². The lowest BCUT2D eigenvalue weighted by Gasteiger charge is -2.31. The van der Waals surface area contributed by atoms with Crippen LogP contribution in [0.15, 0.2) is 23.1 Å². The van der Waals surface area contributed by atoms with Crippen molar-refractivity contribution in [1.29, 1.82) is 0 Å². The largest absolute Gasteiger partial charge is 0.478 e. The highest BCUT2D eigenvalue weighted by Crippen LogP contribution is 2.24. The molecule has 1 unspecified atom stereocenters. The third-order valence-corrected chi connectivity index (χ3v) is 6.28. The van der Waals surface area contributed by atoms with Crippen molar-refractivity contribution in [3.8, 4) is 0 Å². The Balaban J connectivity index is 2.35. The summed E-state index contributed by atoms with van der Waals surface area (Å²) in [6.07, 6.45) is 1.44. The standard InChI is InChI=1S/C13H16INO5S/c1-20-9-3-2-6-15(8-9)21(18,19)10-4-5-12(14)11(7-10)13(16)17/h4-5,7,9H,2-3,6,8H2,1H3,(H,16,17). The van der Waals surface area contributed by atoms with E-state index in [1.807, 2.05) is 22.6 Å². The minimum absolute atomic E-state index is 0.00280. The van der Waals surface area contributed by atoms with Crippen molar-refractivity contribution >= 4 is 38.6 Å². The van der Waals surface area contributed by atoms with E-state index in [0.717, 1.165) is 12.8 Å². The number of carboxylic acid groups (broad SMARTS) is 1. The zero-order valence-electron chi connectivity index (χ0n) is 11.5. The lowest BCUT2D eigenvalue weighted by Crippen LogP contribution is -2.42. The quantitative estimate of drug-likeness (QED) is 0.744. The van der Waals surface area contributed by atoms with Crippen LogP contribution < -0.4 is 0 Å². The highest BCUT2D eigenvalue weighted by Gasteiger charge is 2.30. The SMILES string of the molecule is COC1CCCN(S(=O)(=O)c2ccc(I)c(C(=O)O)c2)C1. The Morgan fingerprint density at radius 2 is 2.19 bits per heavy atom. The molecule has 8 heteroatoms. The third-order valence-electron chi connectivity index (χ3n) is 3.48. The Kier molecular flexibility index (Phi) is 5.23. The van der Waals surface area contributed by atoms with Gasteiger partial charge in [-0.05, 0) is 53.6 Å². The summed E-state index contributed by atoms with van der Waals surface area (Å²) < 4.78 is 32.3. The lowest BCUT2D eigenvalue weighted by atomic mass is 10.1. The molecule has 1 fully saturated rings. The van der Waals surface area contributed by atoms with Crippen molar-refractivity contribution in [1.82, 2.24) is 4.31 Å². The minimum Gasteiger partial charge on any atom is -0.478 e. The first-order chi connectivity index (χ1) is 9.86. The summed E-state index contributed by atoms with van der Waals surface area (Å²) in [5.74, 6) is -1.13. The first-order valence-corrected chi connectivity index (χ1v) is 8.94. The molecule has 0 amide bonds. The normalized spacial score (nSPS) is 20.4. The fourth-order valence-corrected chi connectivity index (χ4v) is 4.40. The van der Waals surface area contributed by atoms with E-state index in [1.165, 1.54) is 22.5 Å². The van der Waals surface area contributed by atoms with Crippen LogP contribution in [0.3, 0.4) is 0 Å². The van der Waals surface area contributed by atoms with Gasteiger partial charge in [0, 0.05) is 23.8 Å². The third kappa shape index (κ3) is 3.55. The molecule has 21 heavy (non-hydrogen) atoms. The van der Waals surface area contributed by atoms with Gasteiger partial charge in [0.05, 0.1) is 16.6 Å². The van der Waals surface area contributed by atoms with Crippen molar-refractivity contribution in [3.63, 3.8) is 0 Å². The molecule has 1 heterocycles. The van der Waals surface area contributed by atoms with Gasteiger partial charge < -0.3 is 9.84 Å². The zero-order chi connectivity index (χ0) is 15.6. The Hall–Kier alpha value is -0.710. The fraction of sp³-hybridized carbons (Fsp3) is 0.462. The number of methoxy groups -OCH3 is 1. The van der Waals surface area contributed by atoms with Crippen molar-refractivity contribution in [3.05, 3.63) is 27.3 Å². The molecule has 6 nitrogen and oxygen atoms in total. The molecule has 0 aliphatic carbocycles. The molecule has 0 aromatic heterocycles. The first-order valence-electron chi connectivity index (χ1n) is 6.42. The average molecular weight is 425 g/mol. The summed E-state index contributed by atoms with van der Waals surface area (Å²) >= 11 is 1.87. The predicted molar refractivity (Wildman–Crippen MR) is 84.9 cm³/mol. The molecule has 1 aromatic rings. The summed E-state index contributed by atoms with van der Waals surface area (Å²) in [6, 6.07) is 4.17. The summed E-state index contributed by atoms with van der Waals surface area (Å²) in [4.78, 5) is 11.2. The van der Waals surface area contributed by atoms with Crippen molar-refractivity contribution in [2.45, 2.75) is 23.8 Å². The maximum absolute atomic E-state index is 12.6. The molecule has 1 atom stereocenters. The second kappa shape index (κ2) is 6.59. The van der Waals surface area contributed by atoms with E-state index in [2.05, 4.69) is 0 Å². The number of aromatic carboxylic acids is 1. The average Bonchev–Trinajstić information content (AvgIpc) is 2.47. The second-order valence-corrected chi connectivity index (χ2v) is 7.91. The number of piperidine rings is 1. The molecule has 0 bridgehead atoms. The van der Waals surface area contributed by atoms with Crippen LogP contribution in [-0.4, -0.2) is 50.1 Å². The number of carboxylic acids is 1. The van der Waals surface area contributed by atoms with Crippen LogP contribution in [0.4, 0.5) is 0 Å². The van der Waals surface area contributed by atoms with Crippen molar-refractivity contribution in [2.75, 3.05) is 20.2 Å². The summed E-state index contributed by atoms with van der Waals surface area (Å²) in [7, 11) is -2.13. The monoisotopic (exact) mass is 425 g/mol. The van der Waals surface area contributed by atoms with Crippen LogP contribution in [0.25, 0.3) is 0 Å². The number of halogens is 1. The number of rotatable bonds is 4. The maximum atomic E-state index is 12.6. The number of nitrogens with zero attached hydrogens (tertiary/aromatic N) is 1. The number of carbonyl (C=O) groups is 1.